The summed E-state index contributed by atoms with van der Waals surface area (Å²) in [7, 11) is -3.04. The van der Waals surface area contributed by atoms with Crippen LogP contribution in [-0.4, -0.2) is 45.5 Å². The molecule has 0 aromatic carbocycles. The number of sulfone groups is 1. The first kappa shape index (κ1) is 13.4. The summed E-state index contributed by atoms with van der Waals surface area (Å²) in [5, 5.41) is 5.90. The fourth-order valence-corrected chi connectivity index (χ4v) is 3.00. The molecule has 2 N–H and O–H groups in total. The maximum Gasteiger partial charge on any atom is 0.224 e. The van der Waals surface area contributed by atoms with Crippen LogP contribution in [0.5, 0.6) is 0 Å². The highest BCUT2D eigenvalue weighted by atomic mass is 32.2. The molecule has 1 amide bonds. The van der Waals surface area contributed by atoms with Crippen LogP contribution in [0.4, 0.5) is 0 Å². The van der Waals surface area contributed by atoms with Gasteiger partial charge in [-0.15, -0.1) is 0 Å². The molecule has 1 rings (SSSR count). The van der Waals surface area contributed by atoms with E-state index in [9.17, 15) is 13.2 Å². The largest absolute Gasteiger partial charge is 0.352 e. The summed E-state index contributed by atoms with van der Waals surface area (Å²) in [4.78, 5) is 11.8. The maximum absolute atomic E-state index is 11.8. The molecular weight excluding hydrogens is 228 g/mol. The zero-order valence-corrected chi connectivity index (χ0v) is 10.8. The van der Waals surface area contributed by atoms with Crippen LogP contribution in [-0.2, 0) is 14.6 Å². The summed E-state index contributed by atoms with van der Waals surface area (Å²) >= 11 is 0. The van der Waals surface area contributed by atoms with Gasteiger partial charge in [0.15, 0.2) is 0 Å². The molecule has 1 heterocycles. The number of carbonyl (C=O) groups excluding carboxylic acids is 1. The lowest BCUT2D eigenvalue weighted by Crippen LogP contribution is -2.42. The smallest absolute Gasteiger partial charge is 0.224 e. The minimum Gasteiger partial charge on any atom is -0.352 e. The fourth-order valence-electron chi connectivity index (χ4n) is 2.01. The molecule has 1 aliphatic rings. The van der Waals surface area contributed by atoms with E-state index < -0.39 is 9.84 Å². The van der Waals surface area contributed by atoms with Crippen molar-refractivity contribution in [1.29, 1.82) is 0 Å². The van der Waals surface area contributed by atoms with Crippen LogP contribution >= 0.6 is 0 Å². The first-order chi connectivity index (χ1) is 7.29. The SMILES string of the molecule is CC(CS(C)(=O)=O)NC(=O)[C@@H]1CNC[C@H]1C. The summed E-state index contributed by atoms with van der Waals surface area (Å²) in [5.41, 5.74) is 0. The number of carbonyl (C=O) groups is 1. The number of nitrogens with one attached hydrogen (secondary N) is 2. The normalized spacial score (nSPS) is 27.7. The van der Waals surface area contributed by atoms with Crippen molar-refractivity contribution < 1.29 is 13.2 Å². The Kier molecular flexibility index (Phi) is 4.32. The second-order valence-electron chi connectivity index (χ2n) is 4.74. The van der Waals surface area contributed by atoms with Crippen molar-refractivity contribution in [2.75, 3.05) is 25.1 Å². The van der Waals surface area contributed by atoms with Crippen LogP contribution in [0.2, 0.25) is 0 Å². The van der Waals surface area contributed by atoms with E-state index in [0.717, 1.165) is 6.54 Å². The van der Waals surface area contributed by atoms with E-state index in [1.807, 2.05) is 6.92 Å². The van der Waals surface area contributed by atoms with E-state index in [4.69, 9.17) is 0 Å². The van der Waals surface area contributed by atoms with Crippen LogP contribution < -0.4 is 10.6 Å². The quantitative estimate of drug-likeness (QED) is 0.696. The molecule has 3 atom stereocenters. The Hall–Kier alpha value is -0.620. The Labute approximate surface area is 96.9 Å². The molecule has 0 aromatic heterocycles. The third-order valence-electron chi connectivity index (χ3n) is 2.80. The second kappa shape index (κ2) is 5.14. The van der Waals surface area contributed by atoms with Crippen molar-refractivity contribution in [3.05, 3.63) is 0 Å². The first-order valence-electron chi connectivity index (χ1n) is 5.48. The molecular formula is C10H20N2O3S. The Morgan fingerprint density at radius 3 is 2.56 bits per heavy atom. The van der Waals surface area contributed by atoms with Gasteiger partial charge in [-0.05, 0) is 19.4 Å². The Morgan fingerprint density at radius 1 is 1.50 bits per heavy atom. The predicted molar refractivity (Wildman–Crippen MR) is 62.8 cm³/mol. The van der Waals surface area contributed by atoms with E-state index in [-0.39, 0.29) is 23.6 Å². The van der Waals surface area contributed by atoms with Crippen molar-refractivity contribution >= 4 is 15.7 Å². The number of rotatable bonds is 4. The molecule has 1 unspecified atom stereocenters. The van der Waals surface area contributed by atoms with Gasteiger partial charge in [-0.1, -0.05) is 6.92 Å². The topological polar surface area (TPSA) is 75.3 Å². The van der Waals surface area contributed by atoms with Crippen LogP contribution in [0.1, 0.15) is 13.8 Å². The summed E-state index contributed by atoms with van der Waals surface area (Å²) in [6.45, 7) is 5.26. The fraction of sp³-hybridized carbons (Fsp3) is 0.900. The molecule has 5 nitrogen and oxygen atoms in total. The van der Waals surface area contributed by atoms with Crippen LogP contribution in [0.15, 0.2) is 0 Å². The average molecular weight is 248 g/mol. The molecule has 0 spiro atoms. The van der Waals surface area contributed by atoms with E-state index in [1.54, 1.807) is 6.92 Å². The van der Waals surface area contributed by atoms with Gasteiger partial charge in [0.2, 0.25) is 5.91 Å². The zero-order valence-electron chi connectivity index (χ0n) is 9.99. The minimum absolute atomic E-state index is 0.00668. The third-order valence-corrected chi connectivity index (χ3v) is 3.90. The van der Waals surface area contributed by atoms with E-state index >= 15 is 0 Å². The molecule has 1 fully saturated rings. The number of hydrogen-bond donors (Lipinski definition) is 2. The first-order valence-corrected chi connectivity index (χ1v) is 7.54. The standard InChI is InChI=1S/C10H20N2O3S/c1-7-4-11-5-9(7)10(13)12-8(2)6-16(3,14)15/h7-9,11H,4-6H2,1-3H3,(H,12,13)/t7-,8?,9-/m1/s1. The molecule has 0 bridgehead atoms. The maximum atomic E-state index is 11.8. The van der Waals surface area contributed by atoms with Crippen molar-refractivity contribution in [2.45, 2.75) is 19.9 Å². The molecule has 94 valence electrons. The lowest BCUT2D eigenvalue weighted by atomic mass is 9.97. The van der Waals surface area contributed by atoms with Gasteiger partial charge in [-0.3, -0.25) is 4.79 Å². The molecule has 0 aromatic rings. The molecule has 16 heavy (non-hydrogen) atoms. The monoisotopic (exact) mass is 248 g/mol. The van der Waals surface area contributed by atoms with Crippen LogP contribution in [0.3, 0.4) is 0 Å². The van der Waals surface area contributed by atoms with E-state index in [1.165, 1.54) is 6.26 Å². The van der Waals surface area contributed by atoms with Crippen molar-refractivity contribution in [3.8, 4) is 0 Å². The van der Waals surface area contributed by atoms with Crippen molar-refractivity contribution in [2.24, 2.45) is 11.8 Å². The Bertz CT molecular complexity index is 353. The summed E-state index contributed by atoms with van der Waals surface area (Å²) in [6.07, 6.45) is 1.18. The molecule has 6 heteroatoms. The van der Waals surface area contributed by atoms with Crippen LogP contribution in [0.25, 0.3) is 0 Å². The van der Waals surface area contributed by atoms with Gasteiger partial charge in [-0.25, -0.2) is 8.42 Å². The highest BCUT2D eigenvalue weighted by Crippen LogP contribution is 2.15. The Morgan fingerprint density at radius 2 is 2.12 bits per heavy atom. The molecule has 1 aliphatic heterocycles. The molecule has 0 aliphatic carbocycles. The van der Waals surface area contributed by atoms with Crippen molar-refractivity contribution in [3.63, 3.8) is 0 Å². The minimum atomic E-state index is -3.04. The summed E-state index contributed by atoms with van der Waals surface area (Å²) in [6, 6.07) is -0.324. The zero-order chi connectivity index (χ0) is 12.3. The molecule has 0 radical (unpaired) electrons. The van der Waals surface area contributed by atoms with Gasteiger partial charge < -0.3 is 10.6 Å². The second-order valence-corrected chi connectivity index (χ2v) is 6.93. The lowest BCUT2D eigenvalue weighted by molar-refractivity contribution is -0.125. The summed E-state index contributed by atoms with van der Waals surface area (Å²) in [5.74, 6) is 0.217. The van der Waals surface area contributed by atoms with Gasteiger partial charge in [0.05, 0.1) is 11.7 Å². The number of amides is 1. The molecule has 0 saturated carbocycles. The highest BCUT2D eigenvalue weighted by molar-refractivity contribution is 7.90. The molecule has 1 saturated heterocycles. The predicted octanol–water partition coefficient (Wildman–Crippen LogP) is -0.609. The third kappa shape index (κ3) is 4.09. The van der Waals surface area contributed by atoms with E-state index in [0.29, 0.717) is 12.5 Å². The van der Waals surface area contributed by atoms with Gasteiger partial charge in [0.25, 0.3) is 0 Å². The van der Waals surface area contributed by atoms with Gasteiger partial charge in [0, 0.05) is 18.8 Å². The van der Waals surface area contributed by atoms with Gasteiger partial charge >= 0.3 is 0 Å². The van der Waals surface area contributed by atoms with E-state index in [2.05, 4.69) is 10.6 Å². The van der Waals surface area contributed by atoms with Crippen LogP contribution in [0, 0.1) is 11.8 Å². The lowest BCUT2D eigenvalue weighted by Gasteiger charge is -2.18. The highest BCUT2D eigenvalue weighted by Gasteiger charge is 2.30. The van der Waals surface area contributed by atoms with Gasteiger partial charge in [-0.2, -0.15) is 0 Å². The Balaban J connectivity index is 2.45. The van der Waals surface area contributed by atoms with Gasteiger partial charge in [0.1, 0.15) is 9.84 Å². The van der Waals surface area contributed by atoms with Crippen molar-refractivity contribution in [1.82, 2.24) is 10.6 Å². The summed E-state index contributed by atoms with van der Waals surface area (Å²) < 4.78 is 22.1. The number of hydrogen-bond acceptors (Lipinski definition) is 4. The average Bonchev–Trinajstić information content (AvgIpc) is 2.47.